The lowest BCUT2D eigenvalue weighted by molar-refractivity contribution is 0.660. The van der Waals surface area contributed by atoms with Crippen molar-refractivity contribution in [3.63, 3.8) is 0 Å². The van der Waals surface area contributed by atoms with Crippen LogP contribution in [0.25, 0.3) is 86.3 Å². The maximum Gasteiger partial charge on any atom is 0.137 e. The molecule has 0 amide bonds. The Labute approximate surface area is 340 Å². The van der Waals surface area contributed by atoms with Crippen LogP contribution in [0.2, 0.25) is 0 Å². The first kappa shape index (κ1) is 33.2. The van der Waals surface area contributed by atoms with E-state index in [0.29, 0.717) is 0 Å². The first-order chi connectivity index (χ1) is 28.5. The van der Waals surface area contributed by atoms with Gasteiger partial charge < -0.3 is 9.32 Å². The van der Waals surface area contributed by atoms with Crippen molar-refractivity contribution < 1.29 is 4.42 Å². The van der Waals surface area contributed by atoms with Crippen LogP contribution in [0.3, 0.4) is 0 Å². The van der Waals surface area contributed by atoms with Crippen LogP contribution in [0.5, 0.6) is 0 Å². The molecule has 0 atom stereocenters. The topological polar surface area (TPSA) is 16.4 Å². The third-order valence-corrected chi connectivity index (χ3v) is 13.6. The summed E-state index contributed by atoms with van der Waals surface area (Å²) in [5.74, 6) is 0. The number of furan rings is 1. The Balaban J connectivity index is 1.10. The van der Waals surface area contributed by atoms with Crippen molar-refractivity contribution >= 4 is 81.3 Å². The summed E-state index contributed by atoms with van der Waals surface area (Å²) < 4.78 is 9.10. The third-order valence-electron chi connectivity index (χ3n) is 12.5. The van der Waals surface area contributed by atoms with Crippen LogP contribution in [-0.2, 0) is 5.41 Å². The highest BCUT2D eigenvalue weighted by molar-refractivity contribution is 7.26. The number of hydrogen-bond acceptors (Lipinski definition) is 3. The minimum atomic E-state index is -0.135. The predicted octanol–water partition coefficient (Wildman–Crippen LogP) is 16.2. The number of hydrogen-bond donors (Lipinski definition) is 0. The highest BCUT2D eigenvalue weighted by Crippen LogP contribution is 2.52. The van der Waals surface area contributed by atoms with Crippen molar-refractivity contribution in [2.24, 2.45) is 0 Å². The van der Waals surface area contributed by atoms with E-state index >= 15 is 0 Å². The van der Waals surface area contributed by atoms with Crippen molar-refractivity contribution in [2.75, 3.05) is 4.90 Å². The standard InChI is InChI=1S/C55H37NOS/c1-55(2)47-22-8-5-18-41(47)42-27-25-37(32-48(42)55)56(38-26-28-44-43-19-6-9-23-49(43)57-50(44)33-38)36-16-11-15-35(31-36)40-29-30-52-54(46-20-7-10-24-51(46)58-52)53(40)45-21-12-14-34-13-3-4-17-39(34)45/h3-33H,1-2H3. The van der Waals surface area contributed by atoms with Crippen LogP contribution in [0, 0.1) is 0 Å². The molecular formula is C55H37NOS. The molecule has 0 saturated heterocycles. The Morgan fingerprint density at radius 3 is 2.02 bits per heavy atom. The quantitative estimate of drug-likeness (QED) is 0.174. The summed E-state index contributed by atoms with van der Waals surface area (Å²) in [5.41, 5.74) is 15.1. The molecule has 0 bridgehead atoms. The van der Waals surface area contributed by atoms with Crippen LogP contribution in [0.1, 0.15) is 25.0 Å². The summed E-state index contributed by atoms with van der Waals surface area (Å²) in [4.78, 5) is 2.41. The van der Waals surface area contributed by atoms with E-state index in [2.05, 4.69) is 201 Å². The summed E-state index contributed by atoms with van der Waals surface area (Å²) in [5, 5.41) is 7.36. The average Bonchev–Trinajstić information content (AvgIpc) is 3.91. The molecule has 0 aliphatic heterocycles. The summed E-state index contributed by atoms with van der Waals surface area (Å²) in [6.45, 7) is 4.71. The van der Waals surface area contributed by atoms with Crippen LogP contribution >= 0.6 is 11.3 Å². The lowest BCUT2D eigenvalue weighted by atomic mass is 9.82. The van der Waals surface area contributed by atoms with E-state index in [1.54, 1.807) is 0 Å². The molecule has 58 heavy (non-hydrogen) atoms. The molecule has 12 rings (SSSR count). The Morgan fingerprint density at radius 1 is 0.431 bits per heavy atom. The van der Waals surface area contributed by atoms with Gasteiger partial charge >= 0.3 is 0 Å². The zero-order valence-corrected chi connectivity index (χ0v) is 33.0. The second-order valence-corrected chi connectivity index (χ2v) is 17.1. The second kappa shape index (κ2) is 12.5. The van der Waals surface area contributed by atoms with Gasteiger partial charge in [0.15, 0.2) is 0 Å². The van der Waals surface area contributed by atoms with Crippen molar-refractivity contribution in [1.82, 2.24) is 0 Å². The number of para-hydroxylation sites is 1. The minimum Gasteiger partial charge on any atom is -0.456 e. The van der Waals surface area contributed by atoms with Crippen LogP contribution in [-0.4, -0.2) is 0 Å². The van der Waals surface area contributed by atoms with Gasteiger partial charge in [-0.25, -0.2) is 0 Å². The summed E-state index contributed by atoms with van der Waals surface area (Å²) >= 11 is 1.87. The molecule has 0 spiro atoms. The van der Waals surface area contributed by atoms with Gasteiger partial charge in [0.2, 0.25) is 0 Å². The van der Waals surface area contributed by atoms with Crippen LogP contribution < -0.4 is 4.90 Å². The fraction of sp³-hybridized carbons (Fsp3) is 0.0545. The zero-order chi connectivity index (χ0) is 38.5. The predicted molar refractivity (Wildman–Crippen MR) is 247 cm³/mol. The van der Waals surface area contributed by atoms with Crippen molar-refractivity contribution in [1.29, 1.82) is 0 Å². The number of anilines is 3. The maximum absolute atomic E-state index is 6.50. The highest BCUT2D eigenvalue weighted by atomic mass is 32.1. The normalized spacial score (nSPS) is 13.1. The smallest absolute Gasteiger partial charge is 0.137 e. The molecule has 1 aliphatic rings. The molecule has 2 heterocycles. The van der Waals surface area contributed by atoms with Crippen LogP contribution in [0.15, 0.2) is 192 Å². The summed E-state index contributed by atoms with van der Waals surface area (Å²) in [7, 11) is 0. The summed E-state index contributed by atoms with van der Waals surface area (Å²) in [6.07, 6.45) is 0. The molecule has 274 valence electrons. The first-order valence-corrected chi connectivity index (χ1v) is 20.8. The van der Waals surface area contributed by atoms with Crippen LogP contribution in [0.4, 0.5) is 17.1 Å². The Hall–Kier alpha value is -6.94. The SMILES string of the molecule is CC1(C)c2ccccc2-c2ccc(N(c3cccc(-c4ccc5sc6ccccc6c5c4-c4cccc5ccccc45)c3)c3ccc4c(c3)oc3ccccc34)cc21. The number of nitrogens with zero attached hydrogens (tertiary/aromatic N) is 1. The van der Waals surface area contributed by atoms with Gasteiger partial charge in [-0.15, -0.1) is 11.3 Å². The van der Waals surface area contributed by atoms with Crippen molar-refractivity contribution in [2.45, 2.75) is 19.3 Å². The molecule has 0 unspecified atom stereocenters. The largest absolute Gasteiger partial charge is 0.456 e. The number of thiophene rings is 1. The molecular weight excluding hydrogens is 723 g/mol. The number of benzene rings is 9. The van der Waals surface area contributed by atoms with Gasteiger partial charge in [-0.2, -0.15) is 0 Å². The molecule has 3 heteroatoms. The first-order valence-electron chi connectivity index (χ1n) is 20.0. The van der Waals surface area contributed by atoms with Crippen molar-refractivity contribution in [3.8, 4) is 33.4 Å². The molecule has 0 N–H and O–H groups in total. The fourth-order valence-corrected chi connectivity index (χ4v) is 10.8. The van der Waals surface area contributed by atoms with Gasteiger partial charge in [0, 0.05) is 59.5 Å². The lowest BCUT2D eigenvalue weighted by Crippen LogP contribution is -2.16. The van der Waals surface area contributed by atoms with E-state index in [9.17, 15) is 0 Å². The lowest BCUT2D eigenvalue weighted by Gasteiger charge is -2.28. The fourth-order valence-electron chi connectivity index (χ4n) is 9.73. The van der Waals surface area contributed by atoms with Gasteiger partial charge in [0.25, 0.3) is 0 Å². The molecule has 11 aromatic rings. The Morgan fingerprint density at radius 2 is 1.09 bits per heavy atom. The molecule has 0 fully saturated rings. The van der Waals surface area contributed by atoms with E-state index in [4.69, 9.17) is 4.42 Å². The van der Waals surface area contributed by atoms with Gasteiger partial charge in [-0.05, 0) is 110 Å². The third kappa shape index (κ3) is 4.90. The van der Waals surface area contributed by atoms with Gasteiger partial charge in [0.1, 0.15) is 11.2 Å². The monoisotopic (exact) mass is 759 g/mol. The molecule has 9 aromatic carbocycles. The summed E-state index contributed by atoms with van der Waals surface area (Å²) in [6, 6.07) is 69.0. The second-order valence-electron chi connectivity index (χ2n) is 16.1. The van der Waals surface area contributed by atoms with Gasteiger partial charge in [0.05, 0.1) is 0 Å². The highest BCUT2D eigenvalue weighted by Gasteiger charge is 2.36. The molecule has 2 aromatic heterocycles. The molecule has 0 radical (unpaired) electrons. The molecule has 2 nitrogen and oxygen atoms in total. The number of fused-ring (bicyclic) bond motifs is 10. The van der Waals surface area contributed by atoms with Crippen molar-refractivity contribution in [3.05, 3.63) is 199 Å². The zero-order valence-electron chi connectivity index (χ0n) is 32.2. The number of rotatable bonds is 5. The van der Waals surface area contributed by atoms with E-state index < -0.39 is 0 Å². The Bertz CT molecular complexity index is 3450. The van der Waals surface area contributed by atoms with Gasteiger partial charge in [-0.1, -0.05) is 141 Å². The maximum atomic E-state index is 6.50. The minimum absolute atomic E-state index is 0.135. The van der Waals surface area contributed by atoms with E-state index in [0.717, 1.165) is 39.0 Å². The Kier molecular flexibility index (Phi) is 7.18. The van der Waals surface area contributed by atoms with E-state index in [1.807, 2.05) is 17.4 Å². The molecule has 0 saturated carbocycles. The van der Waals surface area contributed by atoms with E-state index in [-0.39, 0.29) is 5.41 Å². The molecule has 1 aliphatic carbocycles. The average molecular weight is 760 g/mol. The van der Waals surface area contributed by atoms with E-state index in [1.165, 1.54) is 75.5 Å². The van der Waals surface area contributed by atoms with Gasteiger partial charge in [-0.3, -0.25) is 0 Å².